The highest BCUT2D eigenvalue weighted by Gasteiger charge is 2.33. The Kier molecular flexibility index (Phi) is 4.85. The number of anilines is 3. The van der Waals surface area contributed by atoms with Gasteiger partial charge in [-0.1, -0.05) is 23.7 Å². The van der Waals surface area contributed by atoms with Crippen molar-refractivity contribution >= 4 is 35.0 Å². The van der Waals surface area contributed by atoms with Gasteiger partial charge in [-0.2, -0.15) is 4.98 Å². The Balaban J connectivity index is 1.82. The molecule has 24 heavy (non-hydrogen) atoms. The van der Waals surface area contributed by atoms with Crippen molar-refractivity contribution in [1.82, 2.24) is 14.9 Å². The molecular formula is C17H20ClN5O. The van der Waals surface area contributed by atoms with Crippen LogP contribution in [0.4, 0.5) is 17.5 Å². The van der Waals surface area contributed by atoms with Gasteiger partial charge in [-0.3, -0.25) is 4.79 Å². The van der Waals surface area contributed by atoms with E-state index in [1.165, 1.54) is 0 Å². The molecular weight excluding hydrogens is 326 g/mol. The van der Waals surface area contributed by atoms with Crippen molar-refractivity contribution in [3.63, 3.8) is 0 Å². The Hall–Kier alpha value is -2.34. The smallest absolute Gasteiger partial charge is 0.244 e. The van der Waals surface area contributed by atoms with Crippen LogP contribution in [0.25, 0.3) is 0 Å². The molecule has 1 atom stereocenters. The van der Waals surface area contributed by atoms with Crippen LogP contribution in [0.15, 0.2) is 36.5 Å². The molecule has 0 spiro atoms. The zero-order chi connectivity index (χ0) is 17.1. The molecule has 126 valence electrons. The SMILES string of the molecule is CN(C)C(=O)[C@@H]1CCCN1c1nccc(Nc2ccccc2Cl)n1. The summed E-state index contributed by atoms with van der Waals surface area (Å²) < 4.78 is 0. The maximum Gasteiger partial charge on any atom is 0.244 e. The van der Waals surface area contributed by atoms with E-state index < -0.39 is 0 Å². The molecule has 0 saturated carbocycles. The highest BCUT2D eigenvalue weighted by atomic mass is 35.5. The summed E-state index contributed by atoms with van der Waals surface area (Å²) in [5, 5.41) is 3.82. The molecule has 1 saturated heterocycles. The Morgan fingerprint density at radius 2 is 2.12 bits per heavy atom. The summed E-state index contributed by atoms with van der Waals surface area (Å²) in [5.41, 5.74) is 0.783. The van der Waals surface area contributed by atoms with Gasteiger partial charge in [0, 0.05) is 26.8 Å². The number of amides is 1. The van der Waals surface area contributed by atoms with Gasteiger partial charge in [0.05, 0.1) is 10.7 Å². The first-order valence-electron chi connectivity index (χ1n) is 7.88. The monoisotopic (exact) mass is 345 g/mol. The molecule has 0 bridgehead atoms. The van der Waals surface area contributed by atoms with Crippen LogP contribution in [0.5, 0.6) is 0 Å². The maximum absolute atomic E-state index is 12.3. The van der Waals surface area contributed by atoms with Crippen LogP contribution in [0, 0.1) is 0 Å². The molecule has 0 unspecified atom stereocenters. The van der Waals surface area contributed by atoms with E-state index in [2.05, 4.69) is 15.3 Å². The largest absolute Gasteiger partial charge is 0.347 e. The van der Waals surface area contributed by atoms with Crippen LogP contribution in [0.2, 0.25) is 5.02 Å². The summed E-state index contributed by atoms with van der Waals surface area (Å²) in [5.74, 6) is 1.29. The van der Waals surface area contributed by atoms with E-state index in [-0.39, 0.29) is 11.9 Å². The van der Waals surface area contributed by atoms with Crippen LogP contribution in [0.3, 0.4) is 0 Å². The van der Waals surface area contributed by atoms with Crippen molar-refractivity contribution < 1.29 is 4.79 Å². The summed E-state index contributed by atoms with van der Waals surface area (Å²) in [4.78, 5) is 24.8. The first-order valence-corrected chi connectivity index (χ1v) is 8.26. The van der Waals surface area contributed by atoms with E-state index in [4.69, 9.17) is 11.6 Å². The standard InChI is InChI=1S/C17H20ClN5O/c1-22(2)16(24)14-8-5-11-23(14)17-19-10-9-15(21-17)20-13-7-4-3-6-12(13)18/h3-4,6-7,9-10,14H,5,8,11H2,1-2H3,(H,19,20,21)/t14-/m0/s1. The number of para-hydroxylation sites is 1. The molecule has 2 heterocycles. The Morgan fingerprint density at radius 1 is 1.33 bits per heavy atom. The average Bonchev–Trinajstić information content (AvgIpc) is 3.06. The van der Waals surface area contributed by atoms with Gasteiger partial charge in [0.1, 0.15) is 11.9 Å². The molecule has 1 N–H and O–H groups in total. The normalized spacial score (nSPS) is 17.0. The number of benzene rings is 1. The number of likely N-dealkylation sites (N-methyl/N-ethyl adjacent to an activating group) is 1. The topological polar surface area (TPSA) is 61.4 Å². The predicted octanol–water partition coefficient (Wildman–Crippen LogP) is 2.93. The van der Waals surface area contributed by atoms with Gasteiger partial charge in [0.2, 0.25) is 11.9 Å². The molecule has 1 aromatic heterocycles. The molecule has 1 aliphatic rings. The number of nitrogens with zero attached hydrogens (tertiary/aromatic N) is 4. The lowest BCUT2D eigenvalue weighted by Crippen LogP contribution is -2.43. The number of rotatable bonds is 4. The third kappa shape index (κ3) is 3.43. The lowest BCUT2D eigenvalue weighted by molar-refractivity contribution is -0.129. The maximum atomic E-state index is 12.3. The summed E-state index contributed by atoms with van der Waals surface area (Å²) in [6, 6.07) is 9.07. The molecule has 1 fully saturated rings. The van der Waals surface area contributed by atoms with Gasteiger partial charge in [-0.15, -0.1) is 0 Å². The summed E-state index contributed by atoms with van der Waals surface area (Å²) >= 11 is 6.17. The van der Waals surface area contributed by atoms with E-state index in [1.54, 1.807) is 31.3 Å². The number of nitrogens with one attached hydrogen (secondary N) is 1. The zero-order valence-corrected chi connectivity index (χ0v) is 14.5. The fourth-order valence-corrected chi connectivity index (χ4v) is 3.00. The van der Waals surface area contributed by atoms with Crippen LogP contribution < -0.4 is 10.2 Å². The van der Waals surface area contributed by atoms with Gasteiger partial charge in [-0.05, 0) is 31.0 Å². The molecule has 7 heteroatoms. The fourth-order valence-electron chi connectivity index (χ4n) is 2.82. The minimum absolute atomic E-state index is 0.0839. The highest BCUT2D eigenvalue weighted by Crippen LogP contribution is 2.27. The van der Waals surface area contributed by atoms with Gasteiger partial charge < -0.3 is 15.1 Å². The number of halogens is 1. The molecule has 1 aliphatic heterocycles. The van der Waals surface area contributed by atoms with E-state index >= 15 is 0 Å². The Morgan fingerprint density at radius 3 is 2.88 bits per heavy atom. The predicted molar refractivity (Wildman–Crippen MR) is 95.8 cm³/mol. The second kappa shape index (κ2) is 7.05. The van der Waals surface area contributed by atoms with Crippen molar-refractivity contribution in [3.8, 4) is 0 Å². The van der Waals surface area contributed by atoms with E-state index in [0.29, 0.717) is 16.8 Å². The number of carbonyl (C=O) groups excluding carboxylic acids is 1. The number of carbonyl (C=O) groups is 1. The van der Waals surface area contributed by atoms with E-state index in [1.807, 2.05) is 29.2 Å². The van der Waals surface area contributed by atoms with Gasteiger partial charge in [-0.25, -0.2) is 4.98 Å². The average molecular weight is 346 g/mol. The molecule has 2 aromatic rings. The van der Waals surface area contributed by atoms with Crippen LogP contribution in [0.1, 0.15) is 12.8 Å². The lowest BCUT2D eigenvalue weighted by Gasteiger charge is -2.26. The van der Waals surface area contributed by atoms with Crippen molar-refractivity contribution in [2.24, 2.45) is 0 Å². The minimum Gasteiger partial charge on any atom is -0.347 e. The molecule has 3 rings (SSSR count). The van der Waals surface area contributed by atoms with Crippen LogP contribution >= 0.6 is 11.6 Å². The fraction of sp³-hybridized carbons (Fsp3) is 0.353. The highest BCUT2D eigenvalue weighted by molar-refractivity contribution is 6.33. The number of hydrogen-bond donors (Lipinski definition) is 1. The van der Waals surface area contributed by atoms with Crippen LogP contribution in [-0.2, 0) is 4.79 Å². The van der Waals surface area contributed by atoms with Crippen molar-refractivity contribution in [3.05, 3.63) is 41.6 Å². The zero-order valence-electron chi connectivity index (χ0n) is 13.7. The Labute approximate surface area is 146 Å². The van der Waals surface area contributed by atoms with Gasteiger partial charge >= 0.3 is 0 Å². The second-order valence-corrected chi connectivity index (χ2v) is 6.34. The quantitative estimate of drug-likeness (QED) is 0.923. The molecule has 0 radical (unpaired) electrons. The summed E-state index contributed by atoms with van der Waals surface area (Å²) in [6.45, 7) is 0.778. The van der Waals surface area contributed by atoms with E-state index in [0.717, 1.165) is 25.1 Å². The second-order valence-electron chi connectivity index (χ2n) is 5.93. The Bertz CT molecular complexity index is 736. The number of hydrogen-bond acceptors (Lipinski definition) is 5. The lowest BCUT2D eigenvalue weighted by atomic mass is 10.2. The molecule has 1 aromatic carbocycles. The van der Waals surface area contributed by atoms with E-state index in [9.17, 15) is 4.79 Å². The molecule has 6 nitrogen and oxygen atoms in total. The summed E-state index contributed by atoms with van der Waals surface area (Å²) in [6.07, 6.45) is 3.47. The molecule has 1 amide bonds. The first-order chi connectivity index (χ1) is 11.6. The van der Waals surface area contributed by atoms with Gasteiger partial charge in [0.25, 0.3) is 0 Å². The van der Waals surface area contributed by atoms with Crippen molar-refractivity contribution in [2.75, 3.05) is 30.9 Å². The van der Waals surface area contributed by atoms with Crippen molar-refractivity contribution in [1.29, 1.82) is 0 Å². The first kappa shape index (κ1) is 16.5. The van der Waals surface area contributed by atoms with Crippen molar-refractivity contribution in [2.45, 2.75) is 18.9 Å². The third-order valence-corrected chi connectivity index (χ3v) is 4.34. The van der Waals surface area contributed by atoms with Gasteiger partial charge in [0.15, 0.2) is 0 Å². The molecule has 0 aliphatic carbocycles. The number of aromatic nitrogens is 2. The third-order valence-electron chi connectivity index (χ3n) is 4.01. The van der Waals surface area contributed by atoms with Crippen LogP contribution in [-0.4, -0.2) is 47.5 Å². The summed E-state index contributed by atoms with van der Waals surface area (Å²) in [7, 11) is 3.55. The minimum atomic E-state index is -0.199.